The zero-order valence-electron chi connectivity index (χ0n) is 11.2. The van der Waals surface area contributed by atoms with E-state index in [1.54, 1.807) is 19.1 Å². The van der Waals surface area contributed by atoms with E-state index < -0.39 is 10.0 Å². The largest absolute Gasteiger partial charge is 0.321 e. The predicted octanol–water partition coefficient (Wildman–Crippen LogP) is 2.84. The van der Waals surface area contributed by atoms with Crippen LogP contribution < -0.4 is 10.0 Å². The van der Waals surface area contributed by atoms with Crippen molar-refractivity contribution in [2.24, 2.45) is 0 Å². The second kappa shape index (κ2) is 6.12. The molecule has 0 atom stereocenters. The number of carbonyl (C=O) groups excluding carboxylic acids is 1. The number of nitrogens with one attached hydrogen (secondary N) is 2. The molecule has 0 radical (unpaired) electrons. The van der Waals surface area contributed by atoms with E-state index in [2.05, 4.69) is 31.0 Å². The topological polar surface area (TPSA) is 88.2 Å². The fourth-order valence-electron chi connectivity index (χ4n) is 1.53. The number of rotatable bonds is 4. The molecule has 0 spiro atoms. The Bertz CT molecular complexity index is 770. The molecule has 0 saturated heterocycles. The summed E-state index contributed by atoms with van der Waals surface area (Å²) in [6.45, 7) is 1.65. The number of amides is 1. The quantitative estimate of drug-likeness (QED) is 0.841. The Morgan fingerprint density at radius 1 is 1.29 bits per heavy atom. The van der Waals surface area contributed by atoms with Crippen LogP contribution in [-0.2, 0) is 10.0 Å². The molecule has 2 aromatic rings. The molecule has 112 valence electrons. The molecule has 1 aromatic heterocycles. The molecule has 0 aliphatic rings. The predicted molar refractivity (Wildman–Crippen MR) is 87.4 cm³/mol. The molecular weight excluding hydrogens is 378 g/mol. The summed E-state index contributed by atoms with van der Waals surface area (Å²) >= 11 is 4.31. The Labute approximate surface area is 134 Å². The summed E-state index contributed by atoms with van der Waals surface area (Å²) in [7, 11) is -3.41. The molecule has 0 unspecified atom stereocenters. The zero-order valence-corrected chi connectivity index (χ0v) is 14.4. The van der Waals surface area contributed by atoms with Gasteiger partial charge in [-0.3, -0.25) is 9.52 Å². The van der Waals surface area contributed by atoms with Crippen LogP contribution in [0, 0.1) is 6.92 Å². The van der Waals surface area contributed by atoms with Gasteiger partial charge in [0, 0.05) is 10.2 Å². The van der Waals surface area contributed by atoms with Crippen molar-refractivity contribution >= 4 is 54.0 Å². The first kappa shape index (κ1) is 15.9. The molecular formula is C12H12BrN3O3S2. The molecule has 9 heteroatoms. The third-order valence-electron chi connectivity index (χ3n) is 2.38. The Morgan fingerprint density at radius 3 is 2.48 bits per heavy atom. The van der Waals surface area contributed by atoms with E-state index in [0.717, 1.165) is 22.1 Å². The Morgan fingerprint density at radius 2 is 1.90 bits per heavy atom. The van der Waals surface area contributed by atoms with Gasteiger partial charge in [-0.1, -0.05) is 27.3 Å². The van der Waals surface area contributed by atoms with Gasteiger partial charge in [0.25, 0.3) is 5.91 Å². The number of hydrogen-bond acceptors (Lipinski definition) is 5. The molecule has 0 bridgehead atoms. The van der Waals surface area contributed by atoms with Crippen molar-refractivity contribution in [2.45, 2.75) is 6.92 Å². The van der Waals surface area contributed by atoms with Gasteiger partial charge in [-0.05, 0) is 31.2 Å². The van der Waals surface area contributed by atoms with Crippen LogP contribution in [-0.4, -0.2) is 25.6 Å². The van der Waals surface area contributed by atoms with Crippen molar-refractivity contribution in [3.63, 3.8) is 0 Å². The summed E-state index contributed by atoms with van der Waals surface area (Å²) in [6.07, 6.45) is 1.03. The summed E-state index contributed by atoms with van der Waals surface area (Å²) in [4.78, 5) is 16.6. The second-order valence-corrected chi connectivity index (χ2v) is 7.93. The van der Waals surface area contributed by atoms with Gasteiger partial charge in [0.2, 0.25) is 10.0 Å². The van der Waals surface area contributed by atoms with Gasteiger partial charge in [-0.25, -0.2) is 13.4 Å². The van der Waals surface area contributed by atoms with Crippen molar-refractivity contribution in [1.29, 1.82) is 0 Å². The van der Waals surface area contributed by atoms with Crippen LogP contribution in [0.3, 0.4) is 0 Å². The minimum Gasteiger partial charge on any atom is -0.321 e. The molecule has 0 fully saturated rings. The third-order valence-corrected chi connectivity index (χ3v) is 4.67. The summed E-state index contributed by atoms with van der Waals surface area (Å²) in [5, 5.41) is 2.91. The number of hydrogen-bond donors (Lipinski definition) is 2. The Balaban J connectivity index is 2.17. The van der Waals surface area contributed by atoms with Crippen molar-refractivity contribution in [3.8, 4) is 0 Å². The number of nitrogens with zero attached hydrogens (tertiary/aromatic N) is 1. The lowest BCUT2D eigenvalue weighted by Crippen LogP contribution is -2.11. The minimum absolute atomic E-state index is 0.177. The number of benzene rings is 1. The molecule has 0 aliphatic heterocycles. The molecule has 0 aliphatic carbocycles. The molecule has 1 amide bonds. The maximum Gasteiger partial charge on any atom is 0.267 e. The number of anilines is 2. The highest BCUT2D eigenvalue weighted by Gasteiger charge is 2.17. The lowest BCUT2D eigenvalue weighted by molar-refractivity contribution is 0.103. The summed E-state index contributed by atoms with van der Waals surface area (Å²) < 4.78 is 25.5. The van der Waals surface area contributed by atoms with E-state index in [9.17, 15) is 13.2 Å². The summed E-state index contributed by atoms with van der Waals surface area (Å²) in [6, 6.07) is 7.14. The maximum absolute atomic E-state index is 12.2. The molecule has 2 rings (SSSR count). The van der Waals surface area contributed by atoms with Gasteiger partial charge < -0.3 is 5.32 Å². The fourth-order valence-corrected chi connectivity index (χ4v) is 3.49. The lowest BCUT2D eigenvalue weighted by atomic mass is 10.3. The van der Waals surface area contributed by atoms with Gasteiger partial charge in [0.05, 0.1) is 11.9 Å². The first-order chi connectivity index (χ1) is 9.74. The molecule has 1 heterocycles. The fraction of sp³-hybridized carbons (Fsp3) is 0.167. The molecule has 21 heavy (non-hydrogen) atoms. The number of sulfonamides is 1. The van der Waals surface area contributed by atoms with Gasteiger partial charge in [0.15, 0.2) is 5.13 Å². The van der Waals surface area contributed by atoms with E-state index >= 15 is 0 Å². The van der Waals surface area contributed by atoms with Crippen LogP contribution in [0.1, 0.15) is 15.4 Å². The smallest absolute Gasteiger partial charge is 0.267 e. The van der Waals surface area contributed by atoms with Gasteiger partial charge in [0.1, 0.15) is 4.88 Å². The maximum atomic E-state index is 12.2. The SMILES string of the molecule is Cc1nc(NS(C)(=O)=O)sc1C(=O)Nc1ccc(Br)cc1. The van der Waals surface area contributed by atoms with Crippen molar-refractivity contribution < 1.29 is 13.2 Å². The average Bonchev–Trinajstić information content (AvgIpc) is 2.70. The third kappa shape index (κ3) is 4.51. The standard InChI is InChI=1S/C12H12BrN3O3S2/c1-7-10(20-12(14-7)16-21(2,18)19)11(17)15-9-5-3-8(13)4-6-9/h3-6H,1-2H3,(H,14,16)(H,15,17). The van der Waals surface area contributed by atoms with E-state index in [1.165, 1.54) is 0 Å². The van der Waals surface area contributed by atoms with Crippen LogP contribution in [0.2, 0.25) is 0 Å². The van der Waals surface area contributed by atoms with Crippen molar-refractivity contribution in [3.05, 3.63) is 39.3 Å². The number of aromatic nitrogens is 1. The van der Waals surface area contributed by atoms with E-state index in [1.807, 2.05) is 12.1 Å². The molecule has 2 N–H and O–H groups in total. The molecule has 1 aromatic carbocycles. The highest BCUT2D eigenvalue weighted by Crippen LogP contribution is 2.24. The average molecular weight is 390 g/mol. The van der Waals surface area contributed by atoms with E-state index in [0.29, 0.717) is 16.3 Å². The van der Waals surface area contributed by atoms with Gasteiger partial charge in [-0.15, -0.1) is 0 Å². The minimum atomic E-state index is -3.41. The van der Waals surface area contributed by atoms with Crippen LogP contribution in [0.5, 0.6) is 0 Å². The van der Waals surface area contributed by atoms with Crippen molar-refractivity contribution in [1.82, 2.24) is 4.98 Å². The summed E-state index contributed by atoms with van der Waals surface area (Å²) in [5.74, 6) is -0.325. The molecule has 0 saturated carbocycles. The lowest BCUT2D eigenvalue weighted by Gasteiger charge is -2.03. The molecule has 6 nitrogen and oxygen atoms in total. The summed E-state index contributed by atoms with van der Waals surface area (Å²) in [5.41, 5.74) is 1.12. The second-order valence-electron chi connectivity index (χ2n) is 4.27. The first-order valence-corrected chi connectivity index (χ1v) is 9.27. The van der Waals surface area contributed by atoms with Crippen LogP contribution in [0.15, 0.2) is 28.7 Å². The van der Waals surface area contributed by atoms with Crippen molar-refractivity contribution in [2.75, 3.05) is 16.3 Å². The number of halogens is 1. The van der Waals surface area contributed by atoms with Crippen LogP contribution >= 0.6 is 27.3 Å². The normalized spacial score (nSPS) is 11.2. The number of aryl methyl sites for hydroxylation is 1. The van der Waals surface area contributed by atoms with Crippen LogP contribution in [0.25, 0.3) is 0 Å². The number of carbonyl (C=O) groups is 1. The monoisotopic (exact) mass is 389 g/mol. The van der Waals surface area contributed by atoms with E-state index in [4.69, 9.17) is 0 Å². The van der Waals surface area contributed by atoms with E-state index in [-0.39, 0.29) is 11.0 Å². The van der Waals surface area contributed by atoms with Crippen LogP contribution in [0.4, 0.5) is 10.8 Å². The highest BCUT2D eigenvalue weighted by molar-refractivity contribution is 9.10. The number of thiazole rings is 1. The zero-order chi connectivity index (χ0) is 15.6. The van der Waals surface area contributed by atoms with Gasteiger partial charge >= 0.3 is 0 Å². The first-order valence-electron chi connectivity index (χ1n) is 5.77. The Kier molecular flexibility index (Phi) is 4.64. The van der Waals surface area contributed by atoms with Gasteiger partial charge in [-0.2, -0.15) is 0 Å². The Hall–Kier alpha value is -1.45. The highest BCUT2D eigenvalue weighted by atomic mass is 79.9.